The van der Waals surface area contributed by atoms with Gasteiger partial charge in [-0.25, -0.2) is 9.78 Å². The fourth-order valence-corrected chi connectivity index (χ4v) is 4.13. The lowest BCUT2D eigenvalue weighted by Gasteiger charge is -2.35. The molecule has 1 aliphatic carbocycles. The Morgan fingerprint density at radius 1 is 1.00 bits per heavy atom. The molecule has 0 unspecified atom stereocenters. The number of rotatable bonds is 7. The van der Waals surface area contributed by atoms with Crippen molar-refractivity contribution in [3.05, 3.63) is 82.6 Å². The van der Waals surface area contributed by atoms with Crippen molar-refractivity contribution in [2.75, 3.05) is 0 Å². The van der Waals surface area contributed by atoms with Crippen LogP contribution in [0.4, 0.5) is 4.79 Å². The van der Waals surface area contributed by atoms with Crippen LogP contribution in [0.2, 0.25) is 0 Å². The fourth-order valence-electron chi connectivity index (χ4n) is 3.79. The molecule has 3 aromatic rings. The predicted molar refractivity (Wildman–Crippen MR) is 126 cm³/mol. The van der Waals surface area contributed by atoms with E-state index in [9.17, 15) is 4.79 Å². The Morgan fingerprint density at radius 3 is 2.16 bits per heavy atom. The van der Waals surface area contributed by atoms with Crippen LogP contribution in [-0.4, -0.2) is 28.3 Å². The Labute approximate surface area is 195 Å². The molecule has 1 fully saturated rings. The van der Waals surface area contributed by atoms with E-state index in [1.165, 1.54) is 11.1 Å². The van der Waals surface area contributed by atoms with Crippen LogP contribution in [0.5, 0.6) is 17.2 Å². The summed E-state index contributed by atoms with van der Waals surface area (Å²) in [6, 6.07) is 19.9. The summed E-state index contributed by atoms with van der Waals surface area (Å²) in [7, 11) is 0. The summed E-state index contributed by atoms with van der Waals surface area (Å²) in [5.41, 5.74) is 2.16. The highest BCUT2D eigenvalue weighted by Crippen LogP contribution is 2.35. The number of halogens is 1. The molecule has 0 spiro atoms. The summed E-state index contributed by atoms with van der Waals surface area (Å²) < 4.78 is 12.6. The summed E-state index contributed by atoms with van der Waals surface area (Å²) in [5, 5.41) is 11.2. The van der Waals surface area contributed by atoms with Gasteiger partial charge >= 0.3 is 6.09 Å². The van der Waals surface area contributed by atoms with Gasteiger partial charge in [0, 0.05) is 36.6 Å². The minimum Gasteiger partial charge on any atom is -0.490 e. The number of pyridine rings is 1. The highest BCUT2D eigenvalue weighted by Gasteiger charge is 2.32. The van der Waals surface area contributed by atoms with Gasteiger partial charge in [-0.3, -0.25) is 0 Å². The smallest absolute Gasteiger partial charge is 0.404 e. The normalized spacial score (nSPS) is 17.8. The van der Waals surface area contributed by atoms with Gasteiger partial charge in [0.15, 0.2) is 0 Å². The molecule has 0 atom stereocenters. The molecular weight excluding hydrogens is 472 g/mol. The van der Waals surface area contributed by atoms with E-state index in [0.717, 1.165) is 21.9 Å². The van der Waals surface area contributed by atoms with E-state index < -0.39 is 6.09 Å². The second-order valence-corrected chi connectivity index (χ2v) is 9.26. The van der Waals surface area contributed by atoms with E-state index >= 15 is 0 Å². The molecule has 2 N–H and O–H groups in total. The SMILES string of the molecule is CC(C)(c1ccc(Oc2ccnc(Br)c2)cc1)c1ccc(OC2CC(NC(=O)O)C2)cc1. The van der Waals surface area contributed by atoms with Gasteiger partial charge in [0.25, 0.3) is 0 Å². The van der Waals surface area contributed by atoms with Crippen molar-refractivity contribution in [3.8, 4) is 17.2 Å². The minimum absolute atomic E-state index is 0.0114. The number of hydrogen-bond acceptors (Lipinski definition) is 4. The summed E-state index contributed by atoms with van der Waals surface area (Å²) in [6.07, 6.45) is 2.17. The Morgan fingerprint density at radius 2 is 1.59 bits per heavy atom. The maximum Gasteiger partial charge on any atom is 0.404 e. The third kappa shape index (κ3) is 5.22. The van der Waals surface area contributed by atoms with Gasteiger partial charge in [-0.1, -0.05) is 38.1 Å². The van der Waals surface area contributed by atoms with E-state index in [2.05, 4.69) is 64.3 Å². The summed E-state index contributed by atoms with van der Waals surface area (Å²) in [6.45, 7) is 4.37. The number of hydrogen-bond donors (Lipinski definition) is 2. The van der Waals surface area contributed by atoms with Crippen LogP contribution in [0.25, 0.3) is 0 Å². The third-order valence-corrected chi connectivity index (χ3v) is 6.24. The molecule has 1 aliphatic rings. The largest absolute Gasteiger partial charge is 0.490 e. The average molecular weight is 497 g/mol. The number of carbonyl (C=O) groups is 1. The van der Waals surface area contributed by atoms with E-state index in [4.69, 9.17) is 14.6 Å². The fraction of sp³-hybridized carbons (Fsp3) is 0.280. The molecule has 0 bridgehead atoms. The number of carboxylic acid groups (broad SMARTS) is 1. The van der Waals surface area contributed by atoms with Crippen molar-refractivity contribution in [2.45, 2.75) is 44.2 Å². The predicted octanol–water partition coefficient (Wildman–Crippen LogP) is 6.14. The van der Waals surface area contributed by atoms with Gasteiger partial charge in [0.2, 0.25) is 0 Å². The highest BCUT2D eigenvalue weighted by atomic mass is 79.9. The molecule has 2 aromatic carbocycles. The van der Waals surface area contributed by atoms with Gasteiger partial charge in [-0.05, 0) is 57.4 Å². The molecule has 0 radical (unpaired) electrons. The molecule has 7 heteroatoms. The van der Waals surface area contributed by atoms with Crippen LogP contribution in [0.1, 0.15) is 37.8 Å². The lowest BCUT2D eigenvalue weighted by atomic mass is 9.78. The zero-order valence-corrected chi connectivity index (χ0v) is 19.5. The Bertz CT molecular complexity index is 1080. The third-order valence-electron chi connectivity index (χ3n) is 5.81. The van der Waals surface area contributed by atoms with Crippen LogP contribution in [0.15, 0.2) is 71.5 Å². The van der Waals surface area contributed by atoms with Gasteiger partial charge in [-0.15, -0.1) is 0 Å². The minimum atomic E-state index is -0.981. The van der Waals surface area contributed by atoms with E-state index in [1.54, 1.807) is 6.20 Å². The molecule has 1 amide bonds. The number of nitrogens with zero attached hydrogens (tertiary/aromatic N) is 1. The Kier molecular flexibility index (Phi) is 6.37. The van der Waals surface area contributed by atoms with Gasteiger partial charge in [-0.2, -0.15) is 0 Å². The zero-order valence-electron chi connectivity index (χ0n) is 17.9. The summed E-state index contributed by atoms with van der Waals surface area (Å²) >= 11 is 3.35. The second kappa shape index (κ2) is 9.20. The van der Waals surface area contributed by atoms with Crippen LogP contribution < -0.4 is 14.8 Å². The lowest BCUT2D eigenvalue weighted by molar-refractivity contribution is 0.0833. The molecule has 166 valence electrons. The van der Waals surface area contributed by atoms with Crippen LogP contribution in [0.3, 0.4) is 0 Å². The summed E-state index contributed by atoms with van der Waals surface area (Å²) in [5.74, 6) is 2.30. The summed E-state index contributed by atoms with van der Waals surface area (Å²) in [4.78, 5) is 14.8. The quantitative estimate of drug-likeness (QED) is 0.384. The second-order valence-electron chi connectivity index (χ2n) is 8.45. The Hall–Kier alpha value is -3.06. The van der Waals surface area contributed by atoms with Crippen molar-refractivity contribution in [3.63, 3.8) is 0 Å². The van der Waals surface area contributed by atoms with Crippen LogP contribution >= 0.6 is 15.9 Å². The molecule has 6 nitrogen and oxygen atoms in total. The number of amides is 1. The number of ether oxygens (including phenoxy) is 2. The molecular formula is C25H25BrN2O4. The molecule has 0 saturated heterocycles. The monoisotopic (exact) mass is 496 g/mol. The van der Waals surface area contributed by atoms with E-state index in [0.29, 0.717) is 12.8 Å². The zero-order chi connectivity index (χ0) is 22.7. The van der Waals surface area contributed by atoms with Crippen molar-refractivity contribution in [1.82, 2.24) is 10.3 Å². The van der Waals surface area contributed by atoms with Gasteiger partial charge < -0.3 is 19.9 Å². The molecule has 0 aliphatic heterocycles. The van der Waals surface area contributed by atoms with Crippen molar-refractivity contribution >= 4 is 22.0 Å². The molecule has 1 aromatic heterocycles. The first kappa shape index (κ1) is 22.1. The maximum atomic E-state index is 10.7. The van der Waals surface area contributed by atoms with Crippen molar-refractivity contribution in [2.24, 2.45) is 0 Å². The van der Waals surface area contributed by atoms with Crippen LogP contribution in [-0.2, 0) is 5.41 Å². The molecule has 1 saturated carbocycles. The first-order chi connectivity index (χ1) is 15.3. The topological polar surface area (TPSA) is 80.7 Å². The number of aromatic nitrogens is 1. The Balaban J connectivity index is 1.38. The highest BCUT2D eigenvalue weighted by molar-refractivity contribution is 9.10. The first-order valence-electron chi connectivity index (χ1n) is 10.5. The van der Waals surface area contributed by atoms with Gasteiger partial charge in [0.05, 0.1) is 0 Å². The first-order valence-corrected chi connectivity index (χ1v) is 11.3. The van der Waals surface area contributed by atoms with Crippen molar-refractivity contribution in [1.29, 1.82) is 0 Å². The molecule has 32 heavy (non-hydrogen) atoms. The maximum absolute atomic E-state index is 10.7. The number of nitrogens with one attached hydrogen (secondary N) is 1. The molecule has 4 rings (SSSR count). The van der Waals surface area contributed by atoms with Crippen LogP contribution in [0, 0.1) is 0 Å². The lowest BCUT2D eigenvalue weighted by Crippen LogP contribution is -2.48. The average Bonchev–Trinajstić information content (AvgIpc) is 2.73. The van der Waals surface area contributed by atoms with E-state index in [1.807, 2.05) is 36.4 Å². The van der Waals surface area contributed by atoms with E-state index in [-0.39, 0.29) is 17.6 Å². The molecule has 1 heterocycles. The standard InChI is InChI=1S/C25H25BrN2O4/c1-25(2,16-3-7-19(8-4-16)31-21-11-12-27-23(26)15-21)17-5-9-20(10-6-17)32-22-13-18(14-22)28-24(29)30/h3-12,15,18,22,28H,13-14H2,1-2H3,(H,29,30). The number of benzene rings is 2. The van der Waals surface area contributed by atoms with Crippen molar-refractivity contribution < 1.29 is 19.4 Å². The van der Waals surface area contributed by atoms with Gasteiger partial charge in [0.1, 0.15) is 28.0 Å².